The number of Topliss-reactive ketones (excluding diaryl/α,β-unsaturated/α-hetero) is 1. The van der Waals surface area contributed by atoms with Crippen molar-refractivity contribution in [2.75, 3.05) is 6.61 Å². The molecule has 19 heavy (non-hydrogen) atoms. The van der Waals surface area contributed by atoms with E-state index in [1.807, 2.05) is 26.8 Å². The van der Waals surface area contributed by atoms with E-state index >= 15 is 0 Å². The predicted molar refractivity (Wildman–Crippen MR) is 69.7 cm³/mol. The molecule has 3 rings (SSSR count). The normalized spacial score (nSPS) is 46.0. The lowest BCUT2D eigenvalue weighted by Crippen LogP contribution is -2.43. The Hall–Kier alpha value is -0.710. The summed E-state index contributed by atoms with van der Waals surface area (Å²) in [5, 5.41) is 10.2. The van der Waals surface area contributed by atoms with Crippen LogP contribution in [0.15, 0.2) is 11.6 Å². The average Bonchev–Trinajstić information content (AvgIpc) is 3.20. The predicted octanol–water partition coefficient (Wildman–Crippen LogP) is 1.61. The first-order chi connectivity index (χ1) is 8.87. The van der Waals surface area contributed by atoms with Crippen LogP contribution in [-0.4, -0.2) is 40.9 Å². The Morgan fingerprint density at radius 2 is 2.21 bits per heavy atom. The molecule has 1 saturated carbocycles. The molecule has 3 fully saturated rings. The quantitative estimate of drug-likeness (QED) is 0.622. The van der Waals surface area contributed by atoms with Crippen LogP contribution >= 0.6 is 0 Å². The summed E-state index contributed by atoms with van der Waals surface area (Å²) in [4.78, 5) is 11.7. The molecular weight excluding hydrogens is 244 g/mol. The molecular formula is C15H22O4. The maximum absolute atomic E-state index is 11.7. The van der Waals surface area contributed by atoms with Crippen molar-refractivity contribution in [3.05, 3.63) is 11.6 Å². The zero-order chi connectivity index (χ0) is 13.8. The van der Waals surface area contributed by atoms with Gasteiger partial charge in [-0.3, -0.25) is 4.79 Å². The Kier molecular flexibility index (Phi) is 2.89. The SMILES string of the molecule is CC(C)=CC(O)C1OC1(C)C1CC(=O)CCC12CO2. The van der Waals surface area contributed by atoms with Crippen LogP contribution in [0, 0.1) is 5.92 Å². The van der Waals surface area contributed by atoms with Gasteiger partial charge in [0.15, 0.2) is 0 Å². The zero-order valence-electron chi connectivity index (χ0n) is 11.8. The van der Waals surface area contributed by atoms with Gasteiger partial charge in [-0.1, -0.05) is 11.6 Å². The number of aliphatic hydroxyl groups is 1. The van der Waals surface area contributed by atoms with Crippen molar-refractivity contribution in [2.45, 2.75) is 63.4 Å². The summed E-state index contributed by atoms with van der Waals surface area (Å²) < 4.78 is 11.4. The third kappa shape index (κ3) is 2.16. The molecule has 1 spiro atoms. The molecule has 2 aliphatic heterocycles. The summed E-state index contributed by atoms with van der Waals surface area (Å²) in [6.45, 7) is 6.65. The number of hydrogen-bond acceptors (Lipinski definition) is 4. The Balaban J connectivity index is 1.75. The van der Waals surface area contributed by atoms with Gasteiger partial charge in [-0.15, -0.1) is 0 Å². The topological polar surface area (TPSA) is 62.4 Å². The second-order valence-electron chi connectivity index (χ2n) is 6.61. The minimum Gasteiger partial charge on any atom is -0.386 e. The number of carbonyl (C=O) groups is 1. The van der Waals surface area contributed by atoms with Gasteiger partial charge in [-0.05, 0) is 27.2 Å². The maximum Gasteiger partial charge on any atom is 0.133 e. The largest absolute Gasteiger partial charge is 0.386 e. The number of rotatable bonds is 3. The number of aliphatic hydroxyl groups excluding tert-OH is 1. The van der Waals surface area contributed by atoms with E-state index in [4.69, 9.17) is 9.47 Å². The van der Waals surface area contributed by atoms with Gasteiger partial charge in [0, 0.05) is 18.8 Å². The fraction of sp³-hybridized carbons (Fsp3) is 0.800. The Bertz CT molecular complexity index is 433. The minimum absolute atomic E-state index is 0.0893. The van der Waals surface area contributed by atoms with Crippen molar-refractivity contribution >= 4 is 5.78 Å². The Morgan fingerprint density at radius 1 is 1.53 bits per heavy atom. The monoisotopic (exact) mass is 266 g/mol. The fourth-order valence-electron chi connectivity index (χ4n) is 3.56. The van der Waals surface area contributed by atoms with Crippen LogP contribution in [-0.2, 0) is 14.3 Å². The molecule has 0 amide bonds. The smallest absolute Gasteiger partial charge is 0.133 e. The number of ketones is 1. The molecule has 0 aromatic rings. The molecule has 0 radical (unpaired) electrons. The third-order valence-electron chi connectivity index (χ3n) is 4.80. The maximum atomic E-state index is 11.7. The van der Waals surface area contributed by atoms with E-state index in [0.717, 1.165) is 18.6 Å². The van der Waals surface area contributed by atoms with Crippen molar-refractivity contribution in [3.63, 3.8) is 0 Å². The first-order valence-corrected chi connectivity index (χ1v) is 7.04. The molecule has 4 heteroatoms. The molecule has 1 N–H and O–H groups in total. The van der Waals surface area contributed by atoms with Crippen LogP contribution in [0.4, 0.5) is 0 Å². The van der Waals surface area contributed by atoms with Crippen LogP contribution in [0.25, 0.3) is 0 Å². The van der Waals surface area contributed by atoms with E-state index in [2.05, 4.69) is 0 Å². The molecule has 3 aliphatic rings. The molecule has 0 aromatic carbocycles. The van der Waals surface area contributed by atoms with E-state index in [9.17, 15) is 9.90 Å². The lowest BCUT2D eigenvalue weighted by atomic mass is 9.70. The van der Waals surface area contributed by atoms with Crippen molar-refractivity contribution in [1.29, 1.82) is 0 Å². The number of epoxide rings is 2. The summed E-state index contributed by atoms with van der Waals surface area (Å²) in [6, 6.07) is 0. The van der Waals surface area contributed by atoms with Gasteiger partial charge in [-0.2, -0.15) is 0 Å². The van der Waals surface area contributed by atoms with Gasteiger partial charge in [0.2, 0.25) is 0 Å². The lowest BCUT2D eigenvalue weighted by Gasteiger charge is -2.31. The van der Waals surface area contributed by atoms with Crippen LogP contribution in [0.2, 0.25) is 0 Å². The Morgan fingerprint density at radius 3 is 2.79 bits per heavy atom. The molecule has 106 valence electrons. The molecule has 0 aromatic heterocycles. The molecule has 2 heterocycles. The summed E-state index contributed by atoms with van der Waals surface area (Å²) in [5.41, 5.74) is 0.502. The zero-order valence-corrected chi connectivity index (χ0v) is 11.8. The number of ether oxygens (including phenoxy) is 2. The molecule has 5 unspecified atom stereocenters. The van der Waals surface area contributed by atoms with Crippen LogP contribution in [0.1, 0.15) is 40.0 Å². The van der Waals surface area contributed by atoms with Gasteiger partial charge in [0.25, 0.3) is 0 Å². The van der Waals surface area contributed by atoms with Gasteiger partial charge >= 0.3 is 0 Å². The molecule has 1 aliphatic carbocycles. The van der Waals surface area contributed by atoms with E-state index in [1.54, 1.807) is 0 Å². The molecule has 5 atom stereocenters. The summed E-state index contributed by atoms with van der Waals surface area (Å²) in [7, 11) is 0. The van der Waals surface area contributed by atoms with E-state index in [0.29, 0.717) is 18.6 Å². The summed E-state index contributed by atoms with van der Waals surface area (Å²) in [5.74, 6) is 0.379. The standard InChI is InChI=1S/C15H22O4/c1-9(2)6-11(17)13-14(3,19-13)12-7-10(16)4-5-15(12)8-18-15/h6,11-13,17H,4-5,7-8H2,1-3H3. The van der Waals surface area contributed by atoms with Gasteiger partial charge in [0.05, 0.1) is 12.2 Å². The molecule has 2 saturated heterocycles. The highest BCUT2D eigenvalue weighted by Crippen LogP contribution is 2.58. The van der Waals surface area contributed by atoms with Crippen LogP contribution in [0.3, 0.4) is 0 Å². The lowest BCUT2D eigenvalue weighted by molar-refractivity contribution is -0.124. The van der Waals surface area contributed by atoms with Crippen molar-refractivity contribution < 1.29 is 19.4 Å². The van der Waals surface area contributed by atoms with E-state index < -0.39 is 11.7 Å². The highest BCUT2D eigenvalue weighted by molar-refractivity contribution is 5.80. The first-order valence-electron chi connectivity index (χ1n) is 7.04. The van der Waals surface area contributed by atoms with E-state index in [-0.39, 0.29) is 17.6 Å². The van der Waals surface area contributed by atoms with Crippen molar-refractivity contribution in [3.8, 4) is 0 Å². The second kappa shape index (κ2) is 4.14. The molecule has 4 nitrogen and oxygen atoms in total. The number of allylic oxidation sites excluding steroid dienone is 1. The third-order valence-corrected chi connectivity index (χ3v) is 4.80. The van der Waals surface area contributed by atoms with Gasteiger partial charge in [0.1, 0.15) is 23.6 Å². The minimum atomic E-state index is -0.595. The van der Waals surface area contributed by atoms with Crippen molar-refractivity contribution in [2.24, 2.45) is 5.92 Å². The molecule has 0 bridgehead atoms. The van der Waals surface area contributed by atoms with E-state index in [1.165, 1.54) is 0 Å². The van der Waals surface area contributed by atoms with Crippen LogP contribution < -0.4 is 0 Å². The van der Waals surface area contributed by atoms with Crippen LogP contribution in [0.5, 0.6) is 0 Å². The highest BCUT2D eigenvalue weighted by Gasteiger charge is 2.70. The highest BCUT2D eigenvalue weighted by atomic mass is 16.6. The summed E-state index contributed by atoms with van der Waals surface area (Å²) in [6.07, 6.45) is 2.96. The Labute approximate surface area is 113 Å². The number of hydrogen-bond donors (Lipinski definition) is 1. The summed E-state index contributed by atoms with van der Waals surface area (Å²) >= 11 is 0. The van der Waals surface area contributed by atoms with Gasteiger partial charge < -0.3 is 14.6 Å². The fourth-order valence-corrected chi connectivity index (χ4v) is 3.56. The van der Waals surface area contributed by atoms with Gasteiger partial charge in [-0.25, -0.2) is 0 Å². The number of carbonyl (C=O) groups excluding carboxylic acids is 1. The van der Waals surface area contributed by atoms with Crippen molar-refractivity contribution in [1.82, 2.24) is 0 Å². The first kappa shape index (κ1) is 13.3. The average molecular weight is 266 g/mol. The second-order valence-corrected chi connectivity index (χ2v) is 6.61.